The molecule has 1 rings (SSSR count). The molecule has 2 unspecified atom stereocenters. The molecule has 0 aromatic rings. The van der Waals surface area contributed by atoms with E-state index in [1.165, 1.54) is 6.42 Å². The summed E-state index contributed by atoms with van der Waals surface area (Å²) in [6, 6.07) is 4.30. The molecule has 1 fully saturated rings. The molecular weight excluding hydrogens is 228 g/mol. The van der Waals surface area contributed by atoms with Gasteiger partial charge in [-0.25, -0.2) is 0 Å². The van der Waals surface area contributed by atoms with Crippen LogP contribution in [0, 0.1) is 22.7 Å². The van der Waals surface area contributed by atoms with E-state index < -0.39 is 18.0 Å². The average molecular weight is 250 g/mol. The fourth-order valence-electron chi connectivity index (χ4n) is 2.27. The van der Waals surface area contributed by atoms with Crippen LogP contribution in [0.4, 0.5) is 0 Å². The first-order valence-corrected chi connectivity index (χ1v) is 6.84. The van der Waals surface area contributed by atoms with Gasteiger partial charge in [-0.3, -0.25) is 0 Å². The van der Waals surface area contributed by atoms with Crippen molar-refractivity contribution in [2.75, 3.05) is 0 Å². The van der Waals surface area contributed by atoms with Gasteiger partial charge in [-0.2, -0.15) is 10.5 Å². The number of nitriles is 2. The Kier molecular flexibility index (Phi) is 6.12. The van der Waals surface area contributed by atoms with Gasteiger partial charge in [-0.1, -0.05) is 20.3 Å². The predicted octanol–water partition coefficient (Wildman–Crippen LogP) is 3.28. The second-order valence-corrected chi connectivity index (χ2v) is 4.76. The molecule has 1 aliphatic carbocycles. The van der Waals surface area contributed by atoms with Crippen molar-refractivity contribution in [3.05, 3.63) is 0 Å². The van der Waals surface area contributed by atoms with Crippen LogP contribution in [0.2, 0.25) is 0 Å². The molecular formula is C14H22N2O2. The summed E-state index contributed by atoms with van der Waals surface area (Å²) in [7, 11) is 0. The van der Waals surface area contributed by atoms with Gasteiger partial charge in [0.15, 0.2) is 5.79 Å². The molecule has 0 heterocycles. The van der Waals surface area contributed by atoms with Crippen LogP contribution >= 0.6 is 0 Å². The van der Waals surface area contributed by atoms with E-state index in [-0.39, 0.29) is 0 Å². The molecule has 4 nitrogen and oxygen atoms in total. The minimum absolute atomic E-state index is 0.445. The molecule has 1 saturated carbocycles. The monoisotopic (exact) mass is 250 g/mol. The van der Waals surface area contributed by atoms with Gasteiger partial charge < -0.3 is 9.47 Å². The van der Waals surface area contributed by atoms with Crippen molar-refractivity contribution in [3.8, 4) is 12.1 Å². The molecule has 1 aliphatic rings. The van der Waals surface area contributed by atoms with Gasteiger partial charge in [0.1, 0.15) is 12.2 Å². The van der Waals surface area contributed by atoms with E-state index >= 15 is 0 Å². The van der Waals surface area contributed by atoms with Crippen LogP contribution < -0.4 is 0 Å². The van der Waals surface area contributed by atoms with Gasteiger partial charge in [0.2, 0.25) is 0 Å². The van der Waals surface area contributed by atoms with Gasteiger partial charge in [-0.05, 0) is 25.7 Å². The molecule has 0 aromatic carbocycles. The van der Waals surface area contributed by atoms with Crippen LogP contribution in [0.25, 0.3) is 0 Å². The molecule has 18 heavy (non-hydrogen) atoms. The molecule has 0 bridgehead atoms. The highest BCUT2D eigenvalue weighted by atomic mass is 16.7. The maximum Gasteiger partial charge on any atom is 0.171 e. The quantitative estimate of drug-likeness (QED) is 0.678. The molecule has 100 valence electrons. The zero-order valence-corrected chi connectivity index (χ0v) is 11.3. The first-order chi connectivity index (χ1) is 8.69. The topological polar surface area (TPSA) is 66.0 Å². The first-order valence-electron chi connectivity index (χ1n) is 6.84. The van der Waals surface area contributed by atoms with E-state index in [9.17, 15) is 0 Å². The minimum atomic E-state index is -0.717. The van der Waals surface area contributed by atoms with E-state index in [1.807, 2.05) is 13.8 Å². The van der Waals surface area contributed by atoms with Crippen molar-refractivity contribution in [2.45, 2.75) is 76.8 Å². The van der Waals surface area contributed by atoms with E-state index in [1.54, 1.807) is 0 Å². The molecule has 0 saturated heterocycles. The lowest BCUT2D eigenvalue weighted by Gasteiger charge is -2.39. The highest BCUT2D eigenvalue weighted by Crippen LogP contribution is 2.35. The van der Waals surface area contributed by atoms with Crippen molar-refractivity contribution < 1.29 is 9.47 Å². The summed E-state index contributed by atoms with van der Waals surface area (Å²) in [5, 5.41) is 18.0. The minimum Gasteiger partial charge on any atom is -0.332 e. The normalized spacial score (nSPS) is 21.6. The molecule has 4 heteroatoms. The Morgan fingerprint density at radius 3 is 1.72 bits per heavy atom. The lowest BCUT2D eigenvalue weighted by Crippen LogP contribution is -2.43. The SMILES string of the molecule is CCC(C#N)OC1(OC(C#N)CC)CCCCC1. The average Bonchev–Trinajstić information content (AvgIpc) is 2.43. The Balaban J connectivity index is 2.75. The van der Waals surface area contributed by atoms with E-state index in [0.29, 0.717) is 12.8 Å². The van der Waals surface area contributed by atoms with Crippen LogP contribution in [0.1, 0.15) is 58.8 Å². The Morgan fingerprint density at radius 1 is 0.944 bits per heavy atom. The fourth-order valence-corrected chi connectivity index (χ4v) is 2.27. The second kappa shape index (κ2) is 7.36. The van der Waals surface area contributed by atoms with Crippen LogP contribution in [0.15, 0.2) is 0 Å². The number of hydrogen-bond donors (Lipinski definition) is 0. The smallest absolute Gasteiger partial charge is 0.171 e. The number of ether oxygens (including phenoxy) is 2. The van der Waals surface area contributed by atoms with Crippen LogP contribution in [0.3, 0.4) is 0 Å². The molecule has 0 spiro atoms. The molecule has 0 amide bonds. The Morgan fingerprint density at radius 2 is 1.39 bits per heavy atom. The zero-order valence-electron chi connectivity index (χ0n) is 11.3. The van der Waals surface area contributed by atoms with Crippen molar-refractivity contribution >= 4 is 0 Å². The predicted molar refractivity (Wildman–Crippen MR) is 67.4 cm³/mol. The van der Waals surface area contributed by atoms with E-state index in [0.717, 1.165) is 25.7 Å². The molecule has 0 radical (unpaired) electrons. The standard InChI is InChI=1S/C14H22N2O2/c1-3-12(10-15)17-14(8-6-5-7-9-14)18-13(4-2)11-16/h12-13H,3-9H2,1-2H3. The fraction of sp³-hybridized carbons (Fsp3) is 0.857. The molecule has 0 aliphatic heterocycles. The Bertz CT molecular complexity index is 298. The summed E-state index contributed by atoms with van der Waals surface area (Å²) < 4.78 is 11.8. The van der Waals surface area contributed by atoms with E-state index in [4.69, 9.17) is 20.0 Å². The van der Waals surface area contributed by atoms with Gasteiger partial charge in [0.25, 0.3) is 0 Å². The summed E-state index contributed by atoms with van der Waals surface area (Å²) in [4.78, 5) is 0. The zero-order chi connectivity index (χ0) is 13.4. The molecule has 0 aromatic heterocycles. The third-order valence-corrected chi connectivity index (χ3v) is 3.36. The number of hydrogen-bond acceptors (Lipinski definition) is 4. The van der Waals surface area contributed by atoms with Crippen molar-refractivity contribution in [1.82, 2.24) is 0 Å². The van der Waals surface area contributed by atoms with Crippen LogP contribution in [-0.4, -0.2) is 18.0 Å². The van der Waals surface area contributed by atoms with Crippen molar-refractivity contribution in [3.63, 3.8) is 0 Å². The Labute approximate surface area is 109 Å². The number of rotatable bonds is 6. The molecule has 2 atom stereocenters. The highest BCUT2D eigenvalue weighted by Gasteiger charge is 2.38. The van der Waals surface area contributed by atoms with Gasteiger partial charge in [0, 0.05) is 12.8 Å². The first kappa shape index (κ1) is 15.0. The van der Waals surface area contributed by atoms with Crippen LogP contribution in [-0.2, 0) is 9.47 Å². The summed E-state index contributed by atoms with van der Waals surface area (Å²) >= 11 is 0. The third-order valence-electron chi connectivity index (χ3n) is 3.36. The van der Waals surface area contributed by atoms with Gasteiger partial charge in [-0.15, -0.1) is 0 Å². The van der Waals surface area contributed by atoms with Crippen LogP contribution in [0.5, 0.6) is 0 Å². The lowest BCUT2D eigenvalue weighted by molar-refractivity contribution is -0.276. The summed E-state index contributed by atoms with van der Waals surface area (Å²) in [5.41, 5.74) is 0. The summed E-state index contributed by atoms with van der Waals surface area (Å²) in [6.07, 6.45) is 5.19. The Hall–Kier alpha value is -1.10. The van der Waals surface area contributed by atoms with Gasteiger partial charge in [0.05, 0.1) is 12.1 Å². The third kappa shape index (κ3) is 3.98. The maximum absolute atomic E-state index is 9.02. The summed E-state index contributed by atoms with van der Waals surface area (Å²) in [6.45, 7) is 3.85. The maximum atomic E-state index is 9.02. The highest BCUT2D eigenvalue weighted by molar-refractivity contribution is 4.90. The lowest BCUT2D eigenvalue weighted by atomic mass is 9.93. The second-order valence-electron chi connectivity index (χ2n) is 4.76. The van der Waals surface area contributed by atoms with E-state index in [2.05, 4.69) is 12.1 Å². The largest absolute Gasteiger partial charge is 0.332 e. The van der Waals surface area contributed by atoms with Gasteiger partial charge >= 0.3 is 0 Å². The summed E-state index contributed by atoms with van der Waals surface area (Å²) in [5.74, 6) is -0.717. The van der Waals surface area contributed by atoms with Crippen molar-refractivity contribution in [2.24, 2.45) is 0 Å². The van der Waals surface area contributed by atoms with Crippen molar-refractivity contribution in [1.29, 1.82) is 10.5 Å². The number of nitrogens with zero attached hydrogens (tertiary/aromatic N) is 2. The molecule has 0 N–H and O–H groups in total.